The van der Waals surface area contributed by atoms with Crippen LogP contribution >= 0.6 is 15.9 Å². The van der Waals surface area contributed by atoms with Gasteiger partial charge in [-0.1, -0.05) is 20.3 Å². The Morgan fingerprint density at radius 3 is 2.69 bits per heavy atom. The molecule has 90 valence electrons. The van der Waals surface area contributed by atoms with Crippen LogP contribution in [0, 0.1) is 5.92 Å². The minimum Gasteiger partial charge on any atom is -0.457 e. The fraction of sp³-hybridized carbons (Fsp3) is 0.583. The van der Waals surface area contributed by atoms with Gasteiger partial charge in [-0.05, 0) is 34.8 Å². The number of halogens is 1. The molecule has 0 aromatic carbocycles. The van der Waals surface area contributed by atoms with Crippen LogP contribution in [0.4, 0.5) is 0 Å². The Morgan fingerprint density at radius 1 is 1.56 bits per heavy atom. The van der Waals surface area contributed by atoms with Crippen molar-refractivity contribution in [1.29, 1.82) is 0 Å². The second-order valence-electron chi connectivity index (χ2n) is 3.97. The van der Waals surface area contributed by atoms with E-state index >= 15 is 0 Å². The van der Waals surface area contributed by atoms with E-state index in [2.05, 4.69) is 29.8 Å². The SMILES string of the molecule is CCC(C)CN(CC)C(=O)c1ccoc1Br. The number of carbonyl (C=O) groups excluding carboxylic acids is 1. The molecule has 1 heterocycles. The molecule has 1 aromatic rings. The van der Waals surface area contributed by atoms with Gasteiger partial charge in [-0.3, -0.25) is 4.79 Å². The van der Waals surface area contributed by atoms with Crippen molar-refractivity contribution in [3.8, 4) is 0 Å². The van der Waals surface area contributed by atoms with Gasteiger partial charge in [0.2, 0.25) is 0 Å². The maximum atomic E-state index is 12.1. The zero-order valence-corrected chi connectivity index (χ0v) is 11.6. The predicted octanol–water partition coefficient (Wildman–Crippen LogP) is 3.55. The molecule has 0 fully saturated rings. The van der Waals surface area contributed by atoms with Crippen molar-refractivity contribution < 1.29 is 9.21 Å². The molecule has 0 bridgehead atoms. The minimum atomic E-state index is 0.0309. The van der Waals surface area contributed by atoms with Gasteiger partial charge >= 0.3 is 0 Å². The Labute approximate surface area is 105 Å². The molecular formula is C12H18BrNO2. The Kier molecular flexibility index (Phi) is 5.06. The van der Waals surface area contributed by atoms with Crippen molar-refractivity contribution in [2.45, 2.75) is 27.2 Å². The molecule has 0 radical (unpaired) electrons. The van der Waals surface area contributed by atoms with Gasteiger partial charge in [-0.2, -0.15) is 0 Å². The molecule has 0 N–H and O–H groups in total. The van der Waals surface area contributed by atoms with Crippen LogP contribution in [0.2, 0.25) is 0 Å². The summed E-state index contributed by atoms with van der Waals surface area (Å²) in [6.07, 6.45) is 2.60. The molecule has 1 aromatic heterocycles. The molecule has 16 heavy (non-hydrogen) atoms. The van der Waals surface area contributed by atoms with Crippen molar-refractivity contribution >= 4 is 21.8 Å². The first-order chi connectivity index (χ1) is 7.60. The zero-order chi connectivity index (χ0) is 12.1. The molecular weight excluding hydrogens is 270 g/mol. The van der Waals surface area contributed by atoms with Crippen molar-refractivity contribution in [3.63, 3.8) is 0 Å². The second-order valence-corrected chi connectivity index (χ2v) is 4.69. The quantitative estimate of drug-likeness (QED) is 0.830. The molecule has 1 atom stereocenters. The van der Waals surface area contributed by atoms with E-state index in [1.807, 2.05) is 11.8 Å². The molecule has 1 rings (SSSR count). The third-order valence-electron chi connectivity index (χ3n) is 2.75. The first kappa shape index (κ1) is 13.3. The number of rotatable bonds is 5. The molecule has 0 saturated carbocycles. The van der Waals surface area contributed by atoms with E-state index in [0.717, 1.165) is 19.5 Å². The van der Waals surface area contributed by atoms with E-state index in [0.29, 0.717) is 16.2 Å². The van der Waals surface area contributed by atoms with E-state index < -0.39 is 0 Å². The maximum absolute atomic E-state index is 12.1. The number of hydrogen-bond acceptors (Lipinski definition) is 2. The molecule has 1 unspecified atom stereocenters. The first-order valence-corrected chi connectivity index (χ1v) is 6.41. The molecule has 0 aliphatic carbocycles. The summed E-state index contributed by atoms with van der Waals surface area (Å²) in [4.78, 5) is 14.0. The molecule has 0 aliphatic heterocycles. The summed E-state index contributed by atoms with van der Waals surface area (Å²) >= 11 is 3.23. The Hall–Kier alpha value is -0.770. The van der Waals surface area contributed by atoms with Gasteiger partial charge in [0.05, 0.1) is 11.8 Å². The number of furan rings is 1. The smallest absolute Gasteiger partial charge is 0.258 e. The lowest BCUT2D eigenvalue weighted by Gasteiger charge is -2.23. The molecule has 0 saturated heterocycles. The molecule has 3 nitrogen and oxygen atoms in total. The summed E-state index contributed by atoms with van der Waals surface area (Å²) in [6, 6.07) is 1.70. The van der Waals surface area contributed by atoms with Gasteiger partial charge in [0.15, 0.2) is 4.67 Å². The molecule has 1 amide bonds. The second kappa shape index (κ2) is 6.09. The lowest BCUT2D eigenvalue weighted by molar-refractivity contribution is 0.0739. The Balaban J connectivity index is 2.74. The average molecular weight is 288 g/mol. The highest BCUT2D eigenvalue weighted by atomic mass is 79.9. The van der Waals surface area contributed by atoms with Crippen LogP contribution in [0.5, 0.6) is 0 Å². The summed E-state index contributed by atoms with van der Waals surface area (Å²) in [5.41, 5.74) is 0.602. The normalized spacial score (nSPS) is 12.5. The summed E-state index contributed by atoms with van der Waals surface area (Å²) in [6.45, 7) is 7.80. The van der Waals surface area contributed by atoms with Crippen molar-refractivity contribution in [2.75, 3.05) is 13.1 Å². The summed E-state index contributed by atoms with van der Waals surface area (Å²) < 4.78 is 5.59. The van der Waals surface area contributed by atoms with Crippen LogP contribution in [0.3, 0.4) is 0 Å². The zero-order valence-electron chi connectivity index (χ0n) is 10.00. The standard InChI is InChI=1S/C12H18BrNO2/c1-4-9(3)8-14(5-2)12(15)10-6-7-16-11(10)13/h6-7,9H,4-5,8H2,1-3H3. The van der Waals surface area contributed by atoms with Gasteiger partial charge in [0.25, 0.3) is 5.91 Å². The molecule has 0 spiro atoms. The van der Waals surface area contributed by atoms with Gasteiger partial charge in [0.1, 0.15) is 0 Å². The number of amides is 1. The summed E-state index contributed by atoms with van der Waals surface area (Å²) in [5, 5.41) is 0. The Bertz CT molecular complexity index is 349. The van der Waals surface area contributed by atoms with Crippen molar-refractivity contribution in [1.82, 2.24) is 4.90 Å². The highest BCUT2D eigenvalue weighted by molar-refractivity contribution is 9.10. The van der Waals surface area contributed by atoms with E-state index in [4.69, 9.17) is 4.42 Å². The van der Waals surface area contributed by atoms with Crippen LogP contribution in [-0.2, 0) is 0 Å². The fourth-order valence-corrected chi connectivity index (χ4v) is 1.89. The third kappa shape index (κ3) is 3.11. The third-order valence-corrected chi connectivity index (χ3v) is 3.36. The number of carbonyl (C=O) groups is 1. The first-order valence-electron chi connectivity index (χ1n) is 5.62. The lowest BCUT2D eigenvalue weighted by Crippen LogP contribution is -2.34. The molecule has 4 heteroatoms. The number of nitrogens with zero attached hydrogens (tertiary/aromatic N) is 1. The van der Waals surface area contributed by atoms with E-state index in [1.54, 1.807) is 6.07 Å². The molecule has 0 aliphatic rings. The highest BCUT2D eigenvalue weighted by Gasteiger charge is 2.19. The van der Waals surface area contributed by atoms with Crippen LogP contribution in [0.1, 0.15) is 37.6 Å². The van der Waals surface area contributed by atoms with Gasteiger partial charge < -0.3 is 9.32 Å². The average Bonchev–Trinajstić information content (AvgIpc) is 2.71. The Morgan fingerprint density at radius 2 is 2.25 bits per heavy atom. The topological polar surface area (TPSA) is 33.5 Å². The summed E-state index contributed by atoms with van der Waals surface area (Å²) in [7, 11) is 0. The monoisotopic (exact) mass is 287 g/mol. The van der Waals surface area contributed by atoms with Crippen LogP contribution in [0.25, 0.3) is 0 Å². The van der Waals surface area contributed by atoms with E-state index in [-0.39, 0.29) is 5.91 Å². The van der Waals surface area contributed by atoms with Crippen LogP contribution < -0.4 is 0 Å². The minimum absolute atomic E-state index is 0.0309. The van der Waals surface area contributed by atoms with Gasteiger partial charge in [-0.25, -0.2) is 0 Å². The van der Waals surface area contributed by atoms with Crippen LogP contribution in [-0.4, -0.2) is 23.9 Å². The van der Waals surface area contributed by atoms with Crippen molar-refractivity contribution in [3.05, 3.63) is 22.6 Å². The van der Waals surface area contributed by atoms with E-state index in [9.17, 15) is 4.79 Å². The van der Waals surface area contributed by atoms with Crippen LogP contribution in [0.15, 0.2) is 21.4 Å². The highest BCUT2D eigenvalue weighted by Crippen LogP contribution is 2.20. The summed E-state index contributed by atoms with van der Waals surface area (Å²) in [5.74, 6) is 0.554. The largest absolute Gasteiger partial charge is 0.457 e. The predicted molar refractivity (Wildman–Crippen MR) is 67.4 cm³/mol. The van der Waals surface area contributed by atoms with Crippen molar-refractivity contribution in [2.24, 2.45) is 5.92 Å². The van der Waals surface area contributed by atoms with Gasteiger partial charge in [0, 0.05) is 13.1 Å². The lowest BCUT2D eigenvalue weighted by atomic mass is 10.1. The van der Waals surface area contributed by atoms with Gasteiger partial charge in [-0.15, -0.1) is 0 Å². The fourth-order valence-electron chi connectivity index (χ4n) is 1.48. The number of hydrogen-bond donors (Lipinski definition) is 0. The van der Waals surface area contributed by atoms with E-state index in [1.165, 1.54) is 6.26 Å². The maximum Gasteiger partial charge on any atom is 0.258 e.